The predicted molar refractivity (Wildman–Crippen MR) is 95.6 cm³/mol. The molecule has 1 atom stereocenters. The second-order valence-electron chi connectivity index (χ2n) is 5.62. The number of hydrogen-bond acceptors (Lipinski definition) is 2. The minimum absolute atomic E-state index is 0.146. The van der Waals surface area contributed by atoms with Gasteiger partial charge < -0.3 is 5.32 Å². The summed E-state index contributed by atoms with van der Waals surface area (Å²) in [5, 5.41) is 4.14. The molecule has 0 saturated carbocycles. The molecule has 3 aromatic rings. The zero-order valence-electron chi connectivity index (χ0n) is 13.0. The molecule has 3 rings (SSSR count). The summed E-state index contributed by atoms with van der Waals surface area (Å²) in [4.78, 5) is 4.14. The van der Waals surface area contributed by atoms with E-state index < -0.39 is 0 Å². The van der Waals surface area contributed by atoms with Crippen LogP contribution in [0.1, 0.15) is 28.3 Å². The standard InChI is InChI=1S/C20H19ClN2/c1-15-7-10-18(11-8-15)20(17-5-3-2-4-6-17)23-14-16-9-12-19(21)22-13-16/h2-13,20,23H,14H2,1H3. The van der Waals surface area contributed by atoms with E-state index in [1.165, 1.54) is 16.7 Å². The third kappa shape index (κ3) is 4.19. The second kappa shape index (κ2) is 7.40. The Balaban J connectivity index is 1.83. The molecular formula is C20H19ClN2. The van der Waals surface area contributed by atoms with Crippen molar-refractivity contribution in [3.63, 3.8) is 0 Å². The van der Waals surface area contributed by atoms with E-state index in [1.807, 2.05) is 24.4 Å². The van der Waals surface area contributed by atoms with Crippen LogP contribution in [0.25, 0.3) is 0 Å². The van der Waals surface area contributed by atoms with Gasteiger partial charge in [-0.05, 0) is 29.7 Å². The number of aryl methyl sites for hydroxylation is 1. The minimum Gasteiger partial charge on any atom is -0.302 e. The van der Waals surface area contributed by atoms with Crippen LogP contribution in [0, 0.1) is 6.92 Å². The molecule has 0 fully saturated rings. The molecule has 0 saturated heterocycles. The fourth-order valence-corrected chi connectivity index (χ4v) is 2.68. The molecule has 0 radical (unpaired) electrons. The van der Waals surface area contributed by atoms with E-state index >= 15 is 0 Å². The molecule has 2 aromatic carbocycles. The first-order valence-electron chi connectivity index (χ1n) is 7.68. The minimum atomic E-state index is 0.146. The van der Waals surface area contributed by atoms with Crippen molar-refractivity contribution in [2.45, 2.75) is 19.5 Å². The third-order valence-corrected chi connectivity index (χ3v) is 4.07. The van der Waals surface area contributed by atoms with E-state index in [0.29, 0.717) is 5.15 Å². The van der Waals surface area contributed by atoms with Gasteiger partial charge in [-0.2, -0.15) is 0 Å². The maximum absolute atomic E-state index is 5.85. The summed E-state index contributed by atoms with van der Waals surface area (Å²) in [6.07, 6.45) is 1.81. The number of rotatable bonds is 5. The van der Waals surface area contributed by atoms with Crippen molar-refractivity contribution in [3.05, 3.63) is 100 Å². The lowest BCUT2D eigenvalue weighted by Crippen LogP contribution is -2.22. The molecule has 1 N–H and O–H groups in total. The van der Waals surface area contributed by atoms with Crippen molar-refractivity contribution in [1.82, 2.24) is 10.3 Å². The van der Waals surface area contributed by atoms with Gasteiger partial charge in [0.2, 0.25) is 0 Å². The van der Waals surface area contributed by atoms with Crippen molar-refractivity contribution in [2.75, 3.05) is 0 Å². The highest BCUT2D eigenvalue weighted by Gasteiger charge is 2.13. The van der Waals surface area contributed by atoms with Crippen molar-refractivity contribution in [3.8, 4) is 0 Å². The molecule has 0 aliphatic heterocycles. The molecule has 1 heterocycles. The van der Waals surface area contributed by atoms with Crippen LogP contribution < -0.4 is 5.32 Å². The van der Waals surface area contributed by atoms with E-state index in [9.17, 15) is 0 Å². The lowest BCUT2D eigenvalue weighted by atomic mass is 9.97. The van der Waals surface area contributed by atoms with Gasteiger partial charge in [-0.3, -0.25) is 0 Å². The van der Waals surface area contributed by atoms with Crippen LogP contribution in [0.2, 0.25) is 5.15 Å². The molecule has 23 heavy (non-hydrogen) atoms. The number of benzene rings is 2. The Morgan fingerprint density at radius 1 is 0.913 bits per heavy atom. The number of nitrogens with one attached hydrogen (secondary N) is 1. The quantitative estimate of drug-likeness (QED) is 0.674. The first-order chi connectivity index (χ1) is 11.2. The normalized spacial score (nSPS) is 12.1. The number of nitrogens with zero attached hydrogens (tertiary/aromatic N) is 1. The lowest BCUT2D eigenvalue weighted by Gasteiger charge is -2.20. The van der Waals surface area contributed by atoms with Crippen molar-refractivity contribution in [1.29, 1.82) is 0 Å². The van der Waals surface area contributed by atoms with Crippen molar-refractivity contribution in [2.24, 2.45) is 0 Å². The molecule has 1 unspecified atom stereocenters. The highest BCUT2D eigenvalue weighted by molar-refractivity contribution is 6.29. The monoisotopic (exact) mass is 322 g/mol. The van der Waals surface area contributed by atoms with Crippen LogP contribution in [0.15, 0.2) is 72.9 Å². The van der Waals surface area contributed by atoms with Gasteiger partial charge >= 0.3 is 0 Å². The fraction of sp³-hybridized carbons (Fsp3) is 0.150. The van der Waals surface area contributed by atoms with Gasteiger partial charge in [0.05, 0.1) is 6.04 Å². The van der Waals surface area contributed by atoms with Gasteiger partial charge in [0, 0.05) is 12.7 Å². The average molecular weight is 323 g/mol. The summed E-state index contributed by atoms with van der Waals surface area (Å²) in [6, 6.07) is 23.1. The molecule has 116 valence electrons. The summed E-state index contributed by atoms with van der Waals surface area (Å²) in [5.41, 5.74) is 4.88. The van der Waals surface area contributed by atoms with Crippen LogP contribution in [-0.4, -0.2) is 4.98 Å². The molecule has 0 aliphatic carbocycles. The first-order valence-corrected chi connectivity index (χ1v) is 8.05. The molecule has 0 aliphatic rings. The molecule has 1 aromatic heterocycles. The van der Waals surface area contributed by atoms with Crippen molar-refractivity contribution >= 4 is 11.6 Å². The summed E-state index contributed by atoms with van der Waals surface area (Å²) in [7, 11) is 0. The second-order valence-corrected chi connectivity index (χ2v) is 6.01. The van der Waals surface area contributed by atoms with Crippen LogP contribution in [0.5, 0.6) is 0 Å². The molecule has 0 bridgehead atoms. The van der Waals surface area contributed by atoms with E-state index in [0.717, 1.165) is 12.1 Å². The SMILES string of the molecule is Cc1ccc(C(NCc2ccc(Cl)nc2)c2ccccc2)cc1. The van der Waals surface area contributed by atoms with E-state index in [1.54, 1.807) is 0 Å². The Morgan fingerprint density at radius 3 is 2.26 bits per heavy atom. The van der Waals surface area contributed by atoms with Gasteiger partial charge in [-0.1, -0.05) is 77.8 Å². The third-order valence-electron chi connectivity index (χ3n) is 3.84. The largest absolute Gasteiger partial charge is 0.302 e. The Bertz CT molecular complexity index is 737. The van der Waals surface area contributed by atoms with Crippen LogP contribution in [0.4, 0.5) is 0 Å². The maximum atomic E-state index is 5.85. The first kappa shape index (κ1) is 15.7. The Kier molecular flexibility index (Phi) is 5.06. The Hall–Kier alpha value is -2.16. The number of halogens is 1. The summed E-state index contributed by atoms with van der Waals surface area (Å²) in [6.45, 7) is 2.84. The number of aromatic nitrogens is 1. The predicted octanol–water partition coefficient (Wildman–Crippen LogP) is 4.92. The van der Waals surface area contributed by atoms with E-state index in [2.05, 4.69) is 65.8 Å². The highest BCUT2D eigenvalue weighted by atomic mass is 35.5. The molecule has 2 nitrogen and oxygen atoms in total. The molecular weight excluding hydrogens is 304 g/mol. The number of pyridine rings is 1. The van der Waals surface area contributed by atoms with Gasteiger partial charge in [-0.25, -0.2) is 4.98 Å². The smallest absolute Gasteiger partial charge is 0.129 e. The summed E-state index contributed by atoms with van der Waals surface area (Å²) >= 11 is 5.85. The molecule has 0 amide bonds. The van der Waals surface area contributed by atoms with Gasteiger partial charge in [-0.15, -0.1) is 0 Å². The van der Waals surface area contributed by atoms with E-state index in [-0.39, 0.29) is 6.04 Å². The zero-order valence-corrected chi connectivity index (χ0v) is 13.8. The maximum Gasteiger partial charge on any atom is 0.129 e. The van der Waals surface area contributed by atoms with Gasteiger partial charge in [0.25, 0.3) is 0 Å². The highest BCUT2D eigenvalue weighted by Crippen LogP contribution is 2.23. The molecule has 0 spiro atoms. The van der Waals surface area contributed by atoms with Gasteiger partial charge in [0.15, 0.2) is 0 Å². The molecule has 3 heteroatoms. The van der Waals surface area contributed by atoms with Gasteiger partial charge in [0.1, 0.15) is 5.15 Å². The summed E-state index contributed by atoms with van der Waals surface area (Å²) < 4.78 is 0. The Morgan fingerprint density at radius 2 is 1.61 bits per heavy atom. The number of hydrogen-bond donors (Lipinski definition) is 1. The zero-order chi connectivity index (χ0) is 16.1. The average Bonchev–Trinajstić information content (AvgIpc) is 2.59. The van der Waals surface area contributed by atoms with Crippen molar-refractivity contribution < 1.29 is 0 Å². The van der Waals surface area contributed by atoms with E-state index in [4.69, 9.17) is 11.6 Å². The summed E-state index contributed by atoms with van der Waals surface area (Å²) in [5.74, 6) is 0. The Labute approximate surface area is 142 Å². The van der Waals surface area contributed by atoms with Crippen LogP contribution in [0.3, 0.4) is 0 Å². The van der Waals surface area contributed by atoms with Crippen LogP contribution in [-0.2, 0) is 6.54 Å². The fourth-order valence-electron chi connectivity index (χ4n) is 2.56. The topological polar surface area (TPSA) is 24.9 Å². The lowest BCUT2D eigenvalue weighted by molar-refractivity contribution is 0.604. The van der Waals surface area contributed by atoms with Crippen LogP contribution >= 0.6 is 11.6 Å².